The lowest BCUT2D eigenvalue weighted by Gasteiger charge is -2.22. The van der Waals surface area contributed by atoms with Gasteiger partial charge in [-0.2, -0.15) is 13.4 Å². The Bertz CT molecular complexity index is 1420. The monoisotopic (exact) mass is 568 g/mol. The lowest BCUT2D eigenvalue weighted by Crippen LogP contribution is -2.23. The van der Waals surface area contributed by atoms with E-state index in [1.165, 1.54) is 4.57 Å². The molecule has 2 aromatic carbocycles. The van der Waals surface area contributed by atoms with E-state index in [4.69, 9.17) is 27.4 Å². The molecule has 0 bridgehead atoms. The van der Waals surface area contributed by atoms with Gasteiger partial charge in [-0.1, -0.05) is 94.7 Å². The summed E-state index contributed by atoms with van der Waals surface area (Å²) in [5, 5.41) is 0.677. The Labute approximate surface area is 227 Å². The number of nitrogens with zero attached hydrogens (tertiary/aromatic N) is 2. The third-order valence-corrected chi connectivity index (χ3v) is 8.55. The van der Waals surface area contributed by atoms with E-state index in [9.17, 15) is 13.2 Å². The van der Waals surface area contributed by atoms with E-state index in [-0.39, 0.29) is 43.7 Å². The molecule has 194 valence electrons. The second kappa shape index (κ2) is 11.2. The molecular formula is C26H30Cl2N2O4S2. The van der Waals surface area contributed by atoms with Crippen LogP contribution in [-0.2, 0) is 10.1 Å². The maximum absolute atomic E-state index is 13.7. The zero-order chi connectivity index (χ0) is 26.9. The predicted octanol–water partition coefficient (Wildman–Crippen LogP) is 7.40. The van der Waals surface area contributed by atoms with Crippen LogP contribution in [-0.4, -0.2) is 24.2 Å². The zero-order valence-electron chi connectivity index (χ0n) is 21.3. The number of thioether (sulfide) groups is 1. The Hall–Kier alpha value is -2.00. The van der Waals surface area contributed by atoms with E-state index in [0.29, 0.717) is 16.8 Å². The van der Waals surface area contributed by atoms with Gasteiger partial charge in [0.05, 0.1) is 21.8 Å². The molecular weight excluding hydrogens is 539 g/mol. The van der Waals surface area contributed by atoms with Crippen molar-refractivity contribution < 1.29 is 12.6 Å². The van der Waals surface area contributed by atoms with E-state index in [2.05, 4.69) is 18.8 Å². The summed E-state index contributed by atoms with van der Waals surface area (Å²) in [5.41, 5.74) is 2.20. The van der Waals surface area contributed by atoms with E-state index in [1.807, 2.05) is 39.8 Å². The number of hydrogen-bond acceptors (Lipinski definition) is 6. The number of aromatic nitrogens is 2. The van der Waals surface area contributed by atoms with Crippen molar-refractivity contribution in [3.8, 4) is 11.6 Å². The highest BCUT2D eigenvalue weighted by molar-refractivity contribution is 7.98. The minimum absolute atomic E-state index is 0.0673. The Kier molecular flexibility index (Phi) is 8.87. The van der Waals surface area contributed by atoms with Gasteiger partial charge in [-0.25, -0.2) is 0 Å². The number of halogens is 2. The molecule has 1 aromatic heterocycles. The van der Waals surface area contributed by atoms with Crippen molar-refractivity contribution in [1.82, 2.24) is 9.55 Å². The smallest absolute Gasteiger partial charge is 0.341 e. The first-order valence-corrected chi connectivity index (χ1v) is 14.9. The minimum Gasteiger partial charge on any atom is -0.358 e. The summed E-state index contributed by atoms with van der Waals surface area (Å²) in [6.45, 7) is 11.9. The molecule has 0 aliphatic heterocycles. The van der Waals surface area contributed by atoms with Crippen LogP contribution in [0.15, 0.2) is 51.2 Å². The fourth-order valence-corrected chi connectivity index (χ4v) is 6.33. The van der Waals surface area contributed by atoms with Crippen LogP contribution < -0.4 is 9.74 Å². The molecule has 10 heteroatoms. The summed E-state index contributed by atoms with van der Waals surface area (Å²) in [6, 6.07) is 9.80. The molecule has 0 N–H and O–H groups in total. The normalized spacial score (nSPS) is 12.1. The fourth-order valence-electron chi connectivity index (χ4n) is 3.84. The molecule has 0 amide bonds. The van der Waals surface area contributed by atoms with Gasteiger partial charge in [0.1, 0.15) is 4.90 Å². The van der Waals surface area contributed by atoms with Gasteiger partial charge in [0.25, 0.3) is 5.56 Å². The van der Waals surface area contributed by atoms with E-state index in [1.54, 1.807) is 24.5 Å². The molecule has 0 saturated heterocycles. The van der Waals surface area contributed by atoms with Crippen LogP contribution in [0, 0.1) is 0 Å². The highest BCUT2D eigenvalue weighted by Gasteiger charge is 2.30. The second-order valence-corrected chi connectivity index (χ2v) is 12.4. The molecule has 6 nitrogen and oxygen atoms in total. The first kappa shape index (κ1) is 28.6. The predicted molar refractivity (Wildman–Crippen MR) is 148 cm³/mol. The van der Waals surface area contributed by atoms with Crippen LogP contribution in [0.2, 0.25) is 10.0 Å². The minimum atomic E-state index is -4.31. The molecule has 0 atom stereocenters. The van der Waals surface area contributed by atoms with E-state index >= 15 is 0 Å². The molecule has 1 heterocycles. The molecule has 36 heavy (non-hydrogen) atoms. The summed E-state index contributed by atoms with van der Waals surface area (Å²) in [6.07, 6.45) is 1.72. The first-order valence-electron chi connectivity index (χ1n) is 11.5. The van der Waals surface area contributed by atoms with Crippen LogP contribution in [0.5, 0.6) is 5.88 Å². The third-order valence-electron chi connectivity index (χ3n) is 5.74. The second-order valence-electron chi connectivity index (χ2n) is 9.36. The van der Waals surface area contributed by atoms with Crippen molar-refractivity contribution in [2.24, 2.45) is 0 Å². The Balaban J connectivity index is 2.18. The molecule has 3 rings (SSSR count). The maximum atomic E-state index is 13.7. The molecule has 0 aliphatic carbocycles. The van der Waals surface area contributed by atoms with Crippen molar-refractivity contribution in [1.29, 1.82) is 0 Å². The van der Waals surface area contributed by atoms with Gasteiger partial charge < -0.3 is 4.18 Å². The maximum Gasteiger partial charge on any atom is 0.341 e. The third kappa shape index (κ3) is 5.77. The highest BCUT2D eigenvalue weighted by atomic mass is 35.5. The topological polar surface area (TPSA) is 78.3 Å². The highest BCUT2D eigenvalue weighted by Crippen LogP contribution is 2.36. The average Bonchev–Trinajstić information content (AvgIpc) is 2.79. The molecule has 3 aromatic rings. The van der Waals surface area contributed by atoms with Gasteiger partial charge in [0.2, 0.25) is 5.88 Å². The average molecular weight is 570 g/mol. The van der Waals surface area contributed by atoms with Gasteiger partial charge in [0.15, 0.2) is 5.16 Å². The summed E-state index contributed by atoms with van der Waals surface area (Å²) >= 11 is 13.6. The van der Waals surface area contributed by atoms with Crippen LogP contribution in [0.1, 0.15) is 76.0 Å². The van der Waals surface area contributed by atoms with Crippen molar-refractivity contribution in [3.63, 3.8) is 0 Å². The molecule has 0 unspecified atom stereocenters. The molecule has 0 radical (unpaired) electrons. The van der Waals surface area contributed by atoms with Crippen molar-refractivity contribution >= 4 is 45.1 Å². The van der Waals surface area contributed by atoms with E-state index in [0.717, 1.165) is 23.4 Å². The molecule has 0 aliphatic rings. The zero-order valence-corrected chi connectivity index (χ0v) is 24.4. The van der Waals surface area contributed by atoms with E-state index < -0.39 is 15.7 Å². The van der Waals surface area contributed by atoms with Gasteiger partial charge in [-0.3, -0.25) is 9.36 Å². The van der Waals surface area contributed by atoms with Gasteiger partial charge in [-0.15, -0.1) is 0 Å². The summed E-state index contributed by atoms with van der Waals surface area (Å²) in [7, 11) is -4.31. The number of benzene rings is 2. The Morgan fingerprint density at radius 2 is 1.53 bits per heavy atom. The van der Waals surface area contributed by atoms with Crippen LogP contribution in [0.4, 0.5) is 0 Å². The van der Waals surface area contributed by atoms with Gasteiger partial charge >= 0.3 is 10.1 Å². The van der Waals surface area contributed by atoms with Crippen molar-refractivity contribution in [2.45, 2.75) is 69.3 Å². The van der Waals surface area contributed by atoms with Crippen LogP contribution in [0.3, 0.4) is 0 Å². The molecule has 0 spiro atoms. The largest absolute Gasteiger partial charge is 0.358 e. The standard InChI is InChI=1S/C26H30Cl2N2O4S2/c1-14(2)17-11-18(15(3)4)25(19(12-17)16(5)6)36(32,33)34-22-13-23(31)30(26(29-22)35-7)21-10-8-9-20(27)24(21)28/h8-16H,1-7H3. The summed E-state index contributed by atoms with van der Waals surface area (Å²) < 4.78 is 34.1. The first-order chi connectivity index (χ1) is 16.8. The van der Waals surface area contributed by atoms with Gasteiger partial charge in [0, 0.05) is 0 Å². The number of hydrogen-bond donors (Lipinski definition) is 0. The Morgan fingerprint density at radius 1 is 0.944 bits per heavy atom. The SMILES string of the molecule is CSc1nc(OS(=O)(=O)c2c(C(C)C)cc(C(C)C)cc2C(C)C)cc(=O)n1-c1cccc(Cl)c1Cl. The lowest BCUT2D eigenvalue weighted by molar-refractivity contribution is 0.465. The van der Waals surface area contributed by atoms with Crippen LogP contribution >= 0.6 is 35.0 Å². The fraction of sp³-hybridized carbons (Fsp3) is 0.385. The summed E-state index contributed by atoms with van der Waals surface area (Å²) in [5.74, 6) is -0.213. The Morgan fingerprint density at radius 3 is 2.03 bits per heavy atom. The summed E-state index contributed by atoms with van der Waals surface area (Å²) in [4.78, 5) is 17.6. The van der Waals surface area contributed by atoms with Crippen molar-refractivity contribution in [2.75, 3.05) is 6.26 Å². The van der Waals surface area contributed by atoms with Gasteiger partial charge in [-0.05, 0) is 52.8 Å². The van der Waals surface area contributed by atoms with Crippen LogP contribution in [0.25, 0.3) is 5.69 Å². The number of rotatable bonds is 8. The molecule has 0 saturated carbocycles. The quantitative estimate of drug-likeness (QED) is 0.160. The molecule has 0 fully saturated rings. The van der Waals surface area contributed by atoms with Crippen molar-refractivity contribution in [3.05, 3.63) is 73.5 Å². The lowest BCUT2D eigenvalue weighted by atomic mass is 9.89.